The van der Waals surface area contributed by atoms with Gasteiger partial charge in [-0.1, -0.05) is 30.3 Å². The lowest BCUT2D eigenvalue weighted by atomic mass is 10.1. The standard InChI is InChI=1S/C18H18N2O/c19-16-8-3-5-14(11-16)6-4-10-21-17-12-15-7-1-2-9-18(15)20-13-17/h1-3,5,7-9,11-13H,4,6,10,19H2. The summed E-state index contributed by atoms with van der Waals surface area (Å²) < 4.78 is 5.77. The number of nitrogen functional groups attached to an aromatic ring is 1. The van der Waals surface area contributed by atoms with Crippen molar-refractivity contribution in [2.75, 3.05) is 12.3 Å². The van der Waals surface area contributed by atoms with Crippen molar-refractivity contribution in [1.29, 1.82) is 0 Å². The van der Waals surface area contributed by atoms with Crippen LogP contribution in [0, 0.1) is 0 Å². The third kappa shape index (κ3) is 3.51. The molecule has 3 rings (SSSR count). The highest BCUT2D eigenvalue weighted by Crippen LogP contribution is 2.18. The Labute approximate surface area is 124 Å². The topological polar surface area (TPSA) is 48.1 Å². The molecular weight excluding hydrogens is 260 g/mol. The van der Waals surface area contributed by atoms with Crippen LogP contribution in [0.3, 0.4) is 0 Å². The molecule has 3 aromatic rings. The summed E-state index contributed by atoms with van der Waals surface area (Å²) >= 11 is 0. The van der Waals surface area contributed by atoms with Gasteiger partial charge in [0, 0.05) is 11.1 Å². The lowest BCUT2D eigenvalue weighted by Gasteiger charge is -2.07. The first-order chi connectivity index (χ1) is 10.3. The van der Waals surface area contributed by atoms with E-state index < -0.39 is 0 Å². The van der Waals surface area contributed by atoms with E-state index >= 15 is 0 Å². The van der Waals surface area contributed by atoms with Gasteiger partial charge in [0.2, 0.25) is 0 Å². The van der Waals surface area contributed by atoms with E-state index in [0.717, 1.165) is 35.2 Å². The van der Waals surface area contributed by atoms with Gasteiger partial charge in [-0.2, -0.15) is 0 Å². The molecular formula is C18H18N2O. The van der Waals surface area contributed by atoms with Gasteiger partial charge in [0.25, 0.3) is 0 Å². The summed E-state index contributed by atoms with van der Waals surface area (Å²) in [7, 11) is 0. The Hall–Kier alpha value is -2.55. The monoisotopic (exact) mass is 278 g/mol. The second-order valence-corrected chi connectivity index (χ2v) is 5.06. The zero-order valence-electron chi connectivity index (χ0n) is 11.8. The molecule has 0 unspecified atom stereocenters. The van der Waals surface area contributed by atoms with Crippen molar-refractivity contribution in [1.82, 2.24) is 4.98 Å². The molecule has 0 radical (unpaired) electrons. The van der Waals surface area contributed by atoms with Gasteiger partial charge in [-0.25, -0.2) is 0 Å². The molecule has 1 heterocycles. The third-order valence-corrected chi connectivity index (χ3v) is 3.39. The third-order valence-electron chi connectivity index (χ3n) is 3.39. The molecule has 3 heteroatoms. The molecule has 3 nitrogen and oxygen atoms in total. The number of aryl methyl sites for hydroxylation is 1. The predicted molar refractivity (Wildman–Crippen MR) is 86.4 cm³/mol. The Morgan fingerprint density at radius 2 is 1.90 bits per heavy atom. The average Bonchev–Trinajstić information content (AvgIpc) is 2.51. The number of para-hydroxylation sites is 1. The second kappa shape index (κ2) is 6.27. The van der Waals surface area contributed by atoms with Crippen LogP contribution in [0.25, 0.3) is 10.9 Å². The molecule has 2 aromatic carbocycles. The van der Waals surface area contributed by atoms with Crippen molar-refractivity contribution in [3.8, 4) is 5.75 Å². The molecule has 0 amide bonds. The van der Waals surface area contributed by atoms with Crippen LogP contribution in [0.5, 0.6) is 5.75 Å². The molecule has 0 aliphatic carbocycles. The zero-order valence-corrected chi connectivity index (χ0v) is 11.8. The van der Waals surface area contributed by atoms with Gasteiger partial charge < -0.3 is 10.5 Å². The first kappa shape index (κ1) is 13.4. The largest absolute Gasteiger partial charge is 0.492 e. The van der Waals surface area contributed by atoms with E-state index in [0.29, 0.717) is 6.61 Å². The number of hydrogen-bond acceptors (Lipinski definition) is 3. The molecule has 0 atom stereocenters. The highest BCUT2D eigenvalue weighted by Gasteiger charge is 1.99. The zero-order chi connectivity index (χ0) is 14.5. The molecule has 0 saturated carbocycles. The van der Waals surface area contributed by atoms with Crippen molar-refractivity contribution in [3.05, 3.63) is 66.4 Å². The van der Waals surface area contributed by atoms with Gasteiger partial charge in [-0.05, 0) is 42.7 Å². The highest BCUT2D eigenvalue weighted by atomic mass is 16.5. The van der Waals surface area contributed by atoms with Crippen molar-refractivity contribution in [3.63, 3.8) is 0 Å². The van der Waals surface area contributed by atoms with Crippen LogP contribution in [0.2, 0.25) is 0 Å². The summed E-state index contributed by atoms with van der Waals surface area (Å²) in [6.07, 6.45) is 3.70. The van der Waals surface area contributed by atoms with E-state index in [-0.39, 0.29) is 0 Å². The fourth-order valence-electron chi connectivity index (χ4n) is 2.34. The smallest absolute Gasteiger partial charge is 0.138 e. The Kier molecular flexibility index (Phi) is 4.01. The number of pyridine rings is 1. The average molecular weight is 278 g/mol. The molecule has 0 spiro atoms. The number of ether oxygens (including phenoxy) is 1. The van der Waals surface area contributed by atoms with Crippen LogP contribution in [0.4, 0.5) is 5.69 Å². The quantitative estimate of drug-likeness (QED) is 0.570. The number of rotatable bonds is 5. The molecule has 1 aromatic heterocycles. The lowest BCUT2D eigenvalue weighted by molar-refractivity contribution is 0.310. The SMILES string of the molecule is Nc1cccc(CCCOc2cnc3ccccc3c2)c1. The van der Waals surface area contributed by atoms with Crippen LogP contribution in [-0.4, -0.2) is 11.6 Å². The van der Waals surface area contributed by atoms with Crippen LogP contribution in [0.1, 0.15) is 12.0 Å². The maximum Gasteiger partial charge on any atom is 0.138 e. The predicted octanol–water partition coefficient (Wildman–Crippen LogP) is 3.83. The van der Waals surface area contributed by atoms with Crippen molar-refractivity contribution < 1.29 is 4.74 Å². The van der Waals surface area contributed by atoms with Crippen LogP contribution >= 0.6 is 0 Å². The van der Waals surface area contributed by atoms with Crippen LogP contribution in [0.15, 0.2) is 60.8 Å². The van der Waals surface area contributed by atoms with Crippen molar-refractivity contribution >= 4 is 16.6 Å². The maximum atomic E-state index is 5.77. The van der Waals surface area contributed by atoms with E-state index in [9.17, 15) is 0 Å². The van der Waals surface area contributed by atoms with Gasteiger partial charge in [-0.3, -0.25) is 4.98 Å². The minimum Gasteiger partial charge on any atom is -0.492 e. The minimum atomic E-state index is 0.675. The number of benzene rings is 2. The molecule has 21 heavy (non-hydrogen) atoms. The van der Waals surface area contributed by atoms with E-state index in [2.05, 4.69) is 11.1 Å². The van der Waals surface area contributed by atoms with Gasteiger partial charge >= 0.3 is 0 Å². The number of hydrogen-bond donors (Lipinski definition) is 1. The summed E-state index contributed by atoms with van der Waals surface area (Å²) in [6.45, 7) is 0.675. The first-order valence-corrected chi connectivity index (χ1v) is 7.13. The van der Waals surface area contributed by atoms with Gasteiger partial charge in [0.05, 0.1) is 18.3 Å². The summed E-state index contributed by atoms with van der Waals surface area (Å²) in [5.74, 6) is 0.821. The van der Waals surface area contributed by atoms with E-state index in [1.807, 2.05) is 48.5 Å². The Morgan fingerprint density at radius 1 is 1.00 bits per heavy atom. The molecule has 106 valence electrons. The van der Waals surface area contributed by atoms with Gasteiger partial charge in [-0.15, -0.1) is 0 Å². The Morgan fingerprint density at radius 3 is 2.81 bits per heavy atom. The van der Waals surface area contributed by atoms with Crippen LogP contribution < -0.4 is 10.5 Å². The van der Waals surface area contributed by atoms with Crippen molar-refractivity contribution in [2.45, 2.75) is 12.8 Å². The number of fused-ring (bicyclic) bond motifs is 1. The molecule has 0 bridgehead atoms. The summed E-state index contributed by atoms with van der Waals surface area (Å²) in [5.41, 5.74) is 8.82. The fourth-order valence-corrected chi connectivity index (χ4v) is 2.34. The molecule has 0 aliphatic rings. The minimum absolute atomic E-state index is 0.675. The fraction of sp³-hybridized carbons (Fsp3) is 0.167. The molecule has 0 saturated heterocycles. The van der Waals surface area contributed by atoms with E-state index in [1.165, 1.54) is 5.56 Å². The number of nitrogens with zero attached hydrogens (tertiary/aromatic N) is 1. The van der Waals surface area contributed by atoms with E-state index in [1.54, 1.807) is 6.20 Å². The van der Waals surface area contributed by atoms with Gasteiger partial charge in [0.15, 0.2) is 0 Å². The number of nitrogens with two attached hydrogens (primary N) is 1. The van der Waals surface area contributed by atoms with Crippen molar-refractivity contribution in [2.24, 2.45) is 0 Å². The Bertz CT molecular complexity index is 740. The normalized spacial score (nSPS) is 10.7. The number of aromatic nitrogens is 1. The van der Waals surface area contributed by atoms with E-state index in [4.69, 9.17) is 10.5 Å². The molecule has 2 N–H and O–H groups in total. The molecule has 0 aliphatic heterocycles. The summed E-state index contributed by atoms with van der Waals surface area (Å²) in [5, 5.41) is 1.10. The lowest BCUT2D eigenvalue weighted by Crippen LogP contribution is -2.00. The van der Waals surface area contributed by atoms with Gasteiger partial charge in [0.1, 0.15) is 5.75 Å². The first-order valence-electron chi connectivity index (χ1n) is 7.13. The second-order valence-electron chi connectivity index (χ2n) is 5.06. The van der Waals surface area contributed by atoms with Crippen LogP contribution in [-0.2, 0) is 6.42 Å². The maximum absolute atomic E-state index is 5.77. The number of anilines is 1. The Balaban J connectivity index is 1.54. The summed E-state index contributed by atoms with van der Waals surface area (Å²) in [4.78, 5) is 4.39. The summed E-state index contributed by atoms with van der Waals surface area (Å²) in [6, 6.07) is 18.1. The highest BCUT2D eigenvalue weighted by molar-refractivity contribution is 5.79. The molecule has 0 fully saturated rings.